The summed E-state index contributed by atoms with van der Waals surface area (Å²) in [5.74, 6) is 6.85. The molecule has 4 saturated carbocycles. The Hall–Kier alpha value is -0.0400. The van der Waals surface area contributed by atoms with Crippen LogP contribution in [0.1, 0.15) is 331 Å². The minimum atomic E-state index is 0.593. The number of hydrogen-bond acceptors (Lipinski definition) is 1. The van der Waals surface area contributed by atoms with Crippen LogP contribution in [-0.2, 0) is 0 Å². The minimum absolute atomic E-state index is 0.593. The highest BCUT2D eigenvalue weighted by Crippen LogP contribution is 2.68. The van der Waals surface area contributed by atoms with Crippen molar-refractivity contribution >= 4 is 0 Å². The van der Waals surface area contributed by atoms with Crippen LogP contribution in [0.4, 0.5) is 0 Å². The molecule has 378 valence electrons. The van der Waals surface area contributed by atoms with Crippen LogP contribution in [0, 0.1) is 52.3 Å². The Morgan fingerprint density at radius 1 is 0.406 bits per heavy atom. The molecule has 2 unspecified atom stereocenters. The second-order valence-electron chi connectivity index (χ2n) is 25.3. The normalized spacial score (nSPS) is 28.5. The first-order valence-corrected chi connectivity index (χ1v) is 31.0. The third kappa shape index (κ3) is 19.8. The van der Waals surface area contributed by atoms with Gasteiger partial charge < -0.3 is 4.90 Å². The molecular formula is C63H121N. The largest absolute Gasteiger partial charge is 0.300 e. The maximum atomic E-state index is 3.14. The van der Waals surface area contributed by atoms with Gasteiger partial charge in [-0.2, -0.15) is 0 Å². The van der Waals surface area contributed by atoms with Crippen LogP contribution in [0.3, 0.4) is 0 Å². The van der Waals surface area contributed by atoms with Gasteiger partial charge in [-0.25, -0.2) is 0 Å². The first-order valence-electron chi connectivity index (χ1n) is 31.0. The van der Waals surface area contributed by atoms with Gasteiger partial charge in [0.15, 0.2) is 0 Å². The molecule has 0 aliphatic heterocycles. The molecule has 0 aromatic heterocycles. The van der Waals surface area contributed by atoms with Crippen LogP contribution >= 0.6 is 0 Å². The Kier molecular flexibility index (Phi) is 29.6. The lowest BCUT2D eigenvalue weighted by Gasteiger charge is -2.62. The maximum Gasteiger partial charge on any atom is 0.0101 e. The summed E-state index contributed by atoms with van der Waals surface area (Å²) in [5, 5.41) is 0. The molecule has 4 aliphatic rings. The van der Waals surface area contributed by atoms with E-state index in [4.69, 9.17) is 0 Å². The van der Waals surface area contributed by atoms with Crippen molar-refractivity contribution in [1.82, 2.24) is 4.90 Å². The maximum absolute atomic E-state index is 3.14. The number of fused-ring (bicyclic) bond motifs is 5. The lowest BCUT2D eigenvalue weighted by molar-refractivity contribution is -0.127. The van der Waals surface area contributed by atoms with Gasteiger partial charge in [-0.3, -0.25) is 0 Å². The summed E-state index contributed by atoms with van der Waals surface area (Å²) >= 11 is 0. The third-order valence-corrected chi connectivity index (χ3v) is 19.9. The molecule has 4 rings (SSSR count). The molecule has 1 heteroatoms. The number of nitrogens with zero attached hydrogens (tertiary/aromatic N) is 1. The molecule has 0 saturated heterocycles. The van der Waals surface area contributed by atoms with Crippen molar-refractivity contribution in [2.75, 3.05) is 13.1 Å². The average molecular weight is 893 g/mol. The molecule has 4 fully saturated rings. The zero-order chi connectivity index (χ0) is 45.7. The summed E-state index contributed by atoms with van der Waals surface area (Å²) in [6.45, 7) is 20.7. The highest BCUT2D eigenvalue weighted by atomic mass is 15.2. The van der Waals surface area contributed by atoms with Crippen LogP contribution in [0.25, 0.3) is 0 Å². The van der Waals surface area contributed by atoms with Crippen molar-refractivity contribution in [3.05, 3.63) is 0 Å². The lowest BCUT2D eigenvalue weighted by atomic mass is 9.44. The summed E-state index contributed by atoms with van der Waals surface area (Å²) in [7, 11) is 0. The second-order valence-corrected chi connectivity index (χ2v) is 25.3. The van der Waals surface area contributed by atoms with Crippen LogP contribution in [0.2, 0.25) is 0 Å². The van der Waals surface area contributed by atoms with E-state index in [9.17, 15) is 0 Å². The molecule has 0 amide bonds. The Bertz CT molecular complexity index is 1060. The molecule has 4 aliphatic carbocycles. The van der Waals surface area contributed by atoms with Crippen molar-refractivity contribution in [1.29, 1.82) is 0 Å². The third-order valence-electron chi connectivity index (χ3n) is 19.9. The Labute approximate surface area is 405 Å². The smallest absolute Gasteiger partial charge is 0.0101 e. The van der Waals surface area contributed by atoms with Crippen molar-refractivity contribution in [2.45, 2.75) is 337 Å². The van der Waals surface area contributed by atoms with Gasteiger partial charge in [0, 0.05) is 6.04 Å². The van der Waals surface area contributed by atoms with E-state index in [2.05, 4.69) is 53.4 Å². The molecule has 1 nitrogen and oxygen atoms in total. The quantitative estimate of drug-likeness (QED) is 0.0554. The number of rotatable bonds is 40. The van der Waals surface area contributed by atoms with E-state index in [-0.39, 0.29) is 0 Å². The molecule has 0 radical (unpaired) electrons. The van der Waals surface area contributed by atoms with E-state index in [1.807, 2.05) is 0 Å². The van der Waals surface area contributed by atoms with E-state index in [1.54, 1.807) is 38.5 Å². The molecule has 9 atom stereocenters. The SMILES string of the molecule is CCCCCCCCCCCCCCCCCCN(CCCCCCCCCCCCCCCCCC)C1CCC2CC[C@H]3[C@@H]4CC[C@H]([C@H](C)CCCC(C)C)[C@@]4(C)CC[C@@H]3[C@@]2(C)C1. The predicted octanol–water partition coefficient (Wildman–Crippen LogP) is 21.3. The van der Waals surface area contributed by atoms with Gasteiger partial charge in [-0.15, -0.1) is 0 Å². The minimum Gasteiger partial charge on any atom is -0.300 e. The Balaban J connectivity index is 1.20. The molecule has 0 heterocycles. The van der Waals surface area contributed by atoms with Crippen LogP contribution in [0.15, 0.2) is 0 Å². The molecular weight excluding hydrogens is 771 g/mol. The van der Waals surface area contributed by atoms with Gasteiger partial charge in [-0.1, -0.05) is 260 Å². The van der Waals surface area contributed by atoms with Gasteiger partial charge in [-0.05, 0) is 136 Å². The number of unbranched alkanes of at least 4 members (excludes halogenated alkanes) is 30. The van der Waals surface area contributed by atoms with Crippen LogP contribution < -0.4 is 0 Å². The number of hydrogen-bond donors (Lipinski definition) is 0. The van der Waals surface area contributed by atoms with Crippen molar-refractivity contribution in [3.63, 3.8) is 0 Å². The van der Waals surface area contributed by atoms with Gasteiger partial charge in [0.2, 0.25) is 0 Å². The Morgan fingerprint density at radius 2 is 0.812 bits per heavy atom. The molecule has 0 bridgehead atoms. The summed E-state index contributed by atoms with van der Waals surface area (Å²) in [6.07, 6.45) is 65.4. The highest BCUT2D eigenvalue weighted by molar-refractivity contribution is 5.10. The van der Waals surface area contributed by atoms with Gasteiger partial charge in [0.05, 0.1) is 0 Å². The van der Waals surface area contributed by atoms with Crippen molar-refractivity contribution in [3.8, 4) is 0 Å². The van der Waals surface area contributed by atoms with E-state index in [0.29, 0.717) is 10.8 Å². The van der Waals surface area contributed by atoms with Crippen LogP contribution in [-0.4, -0.2) is 24.0 Å². The highest BCUT2D eigenvalue weighted by Gasteiger charge is 2.61. The molecule has 0 aromatic rings. The Morgan fingerprint density at radius 3 is 1.25 bits per heavy atom. The molecule has 0 N–H and O–H groups in total. The van der Waals surface area contributed by atoms with Crippen molar-refractivity contribution in [2.24, 2.45) is 52.3 Å². The molecule has 0 aromatic carbocycles. The van der Waals surface area contributed by atoms with Crippen molar-refractivity contribution < 1.29 is 0 Å². The average Bonchev–Trinajstić information content (AvgIpc) is 3.64. The zero-order valence-corrected chi connectivity index (χ0v) is 45.6. The summed E-state index contributed by atoms with van der Waals surface area (Å²) in [5.41, 5.74) is 1.22. The first-order chi connectivity index (χ1) is 31.2. The topological polar surface area (TPSA) is 3.24 Å². The molecule has 64 heavy (non-hydrogen) atoms. The fourth-order valence-electron chi connectivity index (χ4n) is 15.9. The zero-order valence-electron chi connectivity index (χ0n) is 45.6. The van der Waals surface area contributed by atoms with E-state index in [0.717, 1.165) is 47.5 Å². The second kappa shape index (κ2) is 33.5. The van der Waals surface area contributed by atoms with Gasteiger partial charge in [0.25, 0.3) is 0 Å². The summed E-state index contributed by atoms with van der Waals surface area (Å²) < 4.78 is 0. The van der Waals surface area contributed by atoms with E-state index < -0.39 is 0 Å². The van der Waals surface area contributed by atoms with Crippen LogP contribution in [0.5, 0.6) is 0 Å². The van der Waals surface area contributed by atoms with Gasteiger partial charge in [0.1, 0.15) is 0 Å². The lowest BCUT2D eigenvalue weighted by Crippen LogP contribution is -2.56. The summed E-state index contributed by atoms with van der Waals surface area (Å²) in [6, 6.07) is 0.860. The summed E-state index contributed by atoms with van der Waals surface area (Å²) in [4.78, 5) is 3.14. The van der Waals surface area contributed by atoms with E-state index >= 15 is 0 Å². The first kappa shape index (κ1) is 56.5. The fraction of sp³-hybridized carbons (Fsp3) is 1.00. The van der Waals surface area contributed by atoms with E-state index in [1.165, 1.54) is 257 Å². The monoisotopic (exact) mass is 892 g/mol. The molecule has 0 spiro atoms. The fourth-order valence-corrected chi connectivity index (χ4v) is 15.9. The predicted molar refractivity (Wildman–Crippen MR) is 288 cm³/mol. The van der Waals surface area contributed by atoms with Gasteiger partial charge >= 0.3 is 0 Å². The standard InChI is InChI=1S/C63H121N/c1-8-10-12-14-16-18-20-22-24-26-28-30-32-34-36-38-51-64(52-39-37-35-33-31-29-27-25-23-21-19-17-15-13-11-9-2)57-45-43-56-44-46-58-60-48-47-59(55(5)42-40-41-54(3)4)62(60,6)50-49-61(58)63(56,7)53-57/h54-61H,8-53H2,1-7H3/t55-,56?,57?,58+,59-,60+,61+,62-,63+/m1/s1.